The number of carboxylic acids is 1. The summed E-state index contributed by atoms with van der Waals surface area (Å²) in [7, 11) is 3.16. The molecule has 0 spiro atoms. The number of ether oxygens (including phenoxy) is 4. The molecule has 0 fully saturated rings. The predicted octanol–water partition coefficient (Wildman–Crippen LogP) is 3.36. The quantitative estimate of drug-likeness (QED) is 0.711. The van der Waals surface area contributed by atoms with Crippen molar-refractivity contribution >= 4 is 22.6 Å². The van der Waals surface area contributed by atoms with Gasteiger partial charge < -0.3 is 29.0 Å². The van der Waals surface area contributed by atoms with E-state index in [1.54, 1.807) is 50.5 Å². The Balaban J connectivity index is 1.92. The highest BCUT2D eigenvalue weighted by Crippen LogP contribution is 2.47. The van der Waals surface area contributed by atoms with Gasteiger partial charge in [-0.3, -0.25) is 4.79 Å². The number of amides is 1. The number of carboxylic acid groups (broad SMARTS) is 1. The molecule has 2 heterocycles. The third kappa shape index (κ3) is 2.61. The summed E-state index contributed by atoms with van der Waals surface area (Å²) in [6.45, 7) is 0.132. The van der Waals surface area contributed by atoms with Crippen LogP contribution >= 0.6 is 0 Å². The van der Waals surface area contributed by atoms with E-state index in [1.165, 1.54) is 4.90 Å². The van der Waals surface area contributed by atoms with Crippen LogP contribution in [0.25, 0.3) is 21.9 Å². The van der Waals surface area contributed by atoms with Crippen LogP contribution in [0.4, 0.5) is 0 Å². The molecule has 2 aliphatic rings. The molecule has 1 amide bonds. The average Bonchev–Trinajstić information content (AvgIpc) is 3.39. The van der Waals surface area contributed by atoms with Gasteiger partial charge in [0, 0.05) is 25.0 Å². The predicted molar refractivity (Wildman–Crippen MR) is 107 cm³/mol. The molecule has 2 aliphatic heterocycles. The summed E-state index contributed by atoms with van der Waals surface area (Å²) in [5.41, 5.74) is 0.917. The van der Waals surface area contributed by atoms with Crippen molar-refractivity contribution in [3.8, 4) is 34.1 Å². The molecular weight excluding hydrogens is 390 g/mol. The summed E-state index contributed by atoms with van der Waals surface area (Å²) in [5.74, 6) is 0.427. The van der Waals surface area contributed by atoms with Gasteiger partial charge in [-0.05, 0) is 35.2 Å². The number of carbonyl (C=O) groups excluding carboxylic acids is 1. The number of aromatic carboxylic acids is 1. The minimum atomic E-state index is -1.22. The fourth-order valence-electron chi connectivity index (χ4n) is 3.83. The third-order valence-electron chi connectivity index (χ3n) is 5.15. The van der Waals surface area contributed by atoms with Gasteiger partial charge in [0.25, 0.3) is 5.91 Å². The fourth-order valence-corrected chi connectivity index (χ4v) is 3.83. The number of hydrogen-bond acceptors (Lipinski definition) is 6. The summed E-state index contributed by atoms with van der Waals surface area (Å²) < 4.78 is 22.0. The molecule has 0 bridgehead atoms. The van der Waals surface area contributed by atoms with Gasteiger partial charge in [0.2, 0.25) is 13.6 Å². The van der Waals surface area contributed by atoms with Crippen LogP contribution in [0.3, 0.4) is 0 Å². The highest BCUT2D eigenvalue weighted by molar-refractivity contribution is 6.17. The molecule has 152 valence electrons. The molecule has 0 radical (unpaired) electrons. The first-order valence-corrected chi connectivity index (χ1v) is 9.20. The smallest absolute Gasteiger partial charge is 0.337 e. The van der Waals surface area contributed by atoms with Crippen molar-refractivity contribution < 1.29 is 33.6 Å². The number of hydrogen-bond donors (Lipinski definition) is 1. The maximum absolute atomic E-state index is 12.9. The molecule has 30 heavy (non-hydrogen) atoms. The minimum absolute atomic E-state index is 0.0375. The summed E-state index contributed by atoms with van der Waals surface area (Å²) in [6.07, 6.45) is 0. The maximum atomic E-state index is 12.9. The van der Waals surface area contributed by atoms with E-state index in [0.29, 0.717) is 44.9 Å². The van der Waals surface area contributed by atoms with Gasteiger partial charge in [-0.2, -0.15) is 0 Å². The third-order valence-corrected chi connectivity index (χ3v) is 5.15. The van der Waals surface area contributed by atoms with Crippen molar-refractivity contribution in [2.24, 2.45) is 0 Å². The Hall–Kier alpha value is -3.94. The zero-order valence-corrected chi connectivity index (χ0v) is 16.2. The second-order valence-corrected chi connectivity index (χ2v) is 7.14. The molecule has 0 aromatic heterocycles. The summed E-state index contributed by atoms with van der Waals surface area (Å²) >= 11 is 0. The van der Waals surface area contributed by atoms with Crippen LogP contribution in [0, 0.1) is 0 Å². The Morgan fingerprint density at radius 3 is 2.37 bits per heavy atom. The number of benzene rings is 3. The van der Waals surface area contributed by atoms with Gasteiger partial charge in [0.15, 0.2) is 23.0 Å². The van der Waals surface area contributed by atoms with Gasteiger partial charge in [-0.15, -0.1) is 0 Å². The Kier molecular flexibility index (Phi) is 3.95. The normalized spacial score (nSPS) is 13.5. The van der Waals surface area contributed by atoms with E-state index in [1.807, 2.05) is 0 Å². The first kappa shape index (κ1) is 18.1. The van der Waals surface area contributed by atoms with Crippen LogP contribution < -0.4 is 18.9 Å². The summed E-state index contributed by atoms with van der Waals surface area (Å²) in [5, 5.41) is 11.4. The number of nitrogens with zero attached hydrogens (tertiary/aromatic N) is 1. The molecule has 1 N–H and O–H groups in total. The molecule has 0 aliphatic carbocycles. The summed E-state index contributed by atoms with van der Waals surface area (Å²) in [4.78, 5) is 26.7. The highest BCUT2D eigenvalue weighted by Gasteiger charge is 2.30. The number of fused-ring (bicyclic) bond motifs is 4. The van der Waals surface area contributed by atoms with E-state index in [-0.39, 0.29) is 24.7 Å². The van der Waals surface area contributed by atoms with Crippen molar-refractivity contribution in [2.45, 2.75) is 0 Å². The largest absolute Gasteiger partial charge is 0.478 e. The van der Waals surface area contributed by atoms with Gasteiger partial charge in [-0.25, -0.2) is 4.79 Å². The van der Waals surface area contributed by atoms with E-state index in [0.717, 1.165) is 0 Å². The Morgan fingerprint density at radius 1 is 0.900 bits per heavy atom. The second-order valence-electron chi connectivity index (χ2n) is 7.14. The van der Waals surface area contributed by atoms with Crippen molar-refractivity contribution in [3.05, 3.63) is 47.5 Å². The van der Waals surface area contributed by atoms with Crippen LogP contribution in [0.1, 0.15) is 20.7 Å². The molecule has 0 saturated carbocycles. The van der Waals surface area contributed by atoms with Crippen molar-refractivity contribution in [1.29, 1.82) is 0 Å². The Labute approximate surface area is 171 Å². The standard InChI is InChI=1S/C22H17NO7/c1-23(2)21(24)13-7-11-4-6-15-20(30-10-28-15)18(11)17(19(13)22(25)26)12-3-5-14-16(8-12)29-9-27-14/h3-8H,9-10H2,1-2H3,(H,25,26). The van der Waals surface area contributed by atoms with E-state index in [2.05, 4.69) is 0 Å². The van der Waals surface area contributed by atoms with Gasteiger partial charge in [-0.1, -0.05) is 12.1 Å². The zero-order chi connectivity index (χ0) is 21.0. The Morgan fingerprint density at radius 2 is 1.60 bits per heavy atom. The van der Waals surface area contributed by atoms with Gasteiger partial charge in [0.1, 0.15) is 0 Å². The highest BCUT2D eigenvalue weighted by atomic mass is 16.7. The van der Waals surface area contributed by atoms with Crippen LogP contribution in [0.2, 0.25) is 0 Å². The lowest BCUT2D eigenvalue weighted by Crippen LogP contribution is -2.24. The molecule has 0 unspecified atom stereocenters. The summed E-state index contributed by atoms with van der Waals surface area (Å²) in [6, 6.07) is 10.3. The van der Waals surface area contributed by atoms with E-state index >= 15 is 0 Å². The average molecular weight is 407 g/mol. The maximum Gasteiger partial charge on any atom is 0.337 e. The lowest BCUT2D eigenvalue weighted by Gasteiger charge is -2.19. The second kappa shape index (κ2) is 6.55. The van der Waals surface area contributed by atoms with Gasteiger partial charge >= 0.3 is 5.97 Å². The molecule has 3 aromatic carbocycles. The van der Waals surface area contributed by atoms with Crippen LogP contribution in [0.5, 0.6) is 23.0 Å². The first-order valence-electron chi connectivity index (χ1n) is 9.20. The van der Waals surface area contributed by atoms with Crippen molar-refractivity contribution in [3.63, 3.8) is 0 Å². The first-order chi connectivity index (χ1) is 14.5. The number of rotatable bonds is 3. The minimum Gasteiger partial charge on any atom is -0.478 e. The number of carbonyl (C=O) groups is 2. The monoisotopic (exact) mass is 407 g/mol. The molecule has 3 aromatic rings. The van der Waals surface area contributed by atoms with Crippen LogP contribution in [-0.4, -0.2) is 49.6 Å². The zero-order valence-electron chi connectivity index (χ0n) is 16.2. The van der Waals surface area contributed by atoms with Crippen LogP contribution in [-0.2, 0) is 0 Å². The lowest BCUT2D eigenvalue weighted by atomic mass is 9.88. The Bertz CT molecular complexity index is 1230. The molecular formula is C22H17NO7. The fraction of sp³-hybridized carbons (Fsp3) is 0.182. The molecule has 8 heteroatoms. The van der Waals surface area contributed by atoms with E-state index in [9.17, 15) is 14.7 Å². The van der Waals surface area contributed by atoms with Gasteiger partial charge in [0.05, 0.1) is 11.1 Å². The molecule has 0 atom stereocenters. The molecule has 8 nitrogen and oxygen atoms in total. The molecule has 5 rings (SSSR count). The van der Waals surface area contributed by atoms with Crippen LogP contribution in [0.15, 0.2) is 36.4 Å². The SMILES string of the molecule is CN(C)C(=O)c1cc2ccc3c(c2c(-c2ccc4c(c2)OCO4)c1C(=O)O)OCO3. The van der Waals surface area contributed by atoms with Crippen molar-refractivity contribution in [1.82, 2.24) is 4.90 Å². The molecule has 0 saturated heterocycles. The van der Waals surface area contributed by atoms with E-state index in [4.69, 9.17) is 18.9 Å². The van der Waals surface area contributed by atoms with Crippen molar-refractivity contribution in [2.75, 3.05) is 27.7 Å². The van der Waals surface area contributed by atoms with E-state index < -0.39 is 11.9 Å². The topological polar surface area (TPSA) is 94.5 Å². The lowest BCUT2D eigenvalue weighted by molar-refractivity contribution is 0.0686.